The van der Waals surface area contributed by atoms with Crippen LogP contribution in [0.1, 0.15) is 29.8 Å². The summed E-state index contributed by atoms with van der Waals surface area (Å²) in [6, 6.07) is 12.8. The van der Waals surface area contributed by atoms with E-state index in [1.807, 2.05) is 24.5 Å². The van der Waals surface area contributed by atoms with Gasteiger partial charge < -0.3 is 9.47 Å². The molecule has 0 spiro atoms. The summed E-state index contributed by atoms with van der Waals surface area (Å²) in [5.74, 6) is 1.96. The van der Waals surface area contributed by atoms with Crippen LogP contribution in [-0.2, 0) is 13.0 Å². The van der Waals surface area contributed by atoms with E-state index >= 15 is 0 Å². The van der Waals surface area contributed by atoms with Crippen molar-refractivity contribution in [3.8, 4) is 11.4 Å². The van der Waals surface area contributed by atoms with E-state index in [4.69, 9.17) is 0 Å². The molecule has 0 aliphatic carbocycles. The Morgan fingerprint density at radius 3 is 2.37 bits per heavy atom. The number of piperidine rings is 1. The number of aromatic nitrogens is 4. The molecule has 4 heterocycles. The van der Waals surface area contributed by atoms with Gasteiger partial charge in [-0.05, 0) is 49.6 Å². The maximum absolute atomic E-state index is 4.69. The summed E-state index contributed by atoms with van der Waals surface area (Å²) in [6.07, 6.45) is 6.82. The SMILES string of the molecule is CN1CCC(=C2c3ccccc3CCn3c2nnc3-c2ccncc2)CC1. The summed E-state index contributed by atoms with van der Waals surface area (Å²) in [6.45, 7) is 3.10. The van der Waals surface area contributed by atoms with Crippen LogP contribution in [0.4, 0.5) is 0 Å². The van der Waals surface area contributed by atoms with Gasteiger partial charge in [0.05, 0.1) is 0 Å². The van der Waals surface area contributed by atoms with E-state index in [0.29, 0.717) is 0 Å². The second kappa shape index (κ2) is 6.74. The van der Waals surface area contributed by atoms with Crippen LogP contribution in [-0.4, -0.2) is 44.8 Å². The lowest BCUT2D eigenvalue weighted by atomic mass is 9.90. The van der Waals surface area contributed by atoms with E-state index < -0.39 is 0 Å². The minimum absolute atomic E-state index is 0.897. The minimum Gasteiger partial charge on any atom is -0.307 e. The van der Waals surface area contributed by atoms with Crippen LogP contribution < -0.4 is 0 Å². The first-order chi connectivity index (χ1) is 13.3. The molecular weight excluding hydrogens is 334 g/mol. The third-order valence-electron chi connectivity index (χ3n) is 5.75. The molecule has 2 aliphatic heterocycles. The Bertz CT molecular complexity index is 993. The predicted octanol–water partition coefficient (Wildman–Crippen LogP) is 3.42. The smallest absolute Gasteiger partial charge is 0.164 e. The first kappa shape index (κ1) is 16.4. The van der Waals surface area contributed by atoms with Gasteiger partial charge in [0.2, 0.25) is 0 Å². The summed E-state index contributed by atoms with van der Waals surface area (Å²) >= 11 is 0. The van der Waals surface area contributed by atoms with Gasteiger partial charge in [-0.3, -0.25) is 4.98 Å². The van der Waals surface area contributed by atoms with E-state index in [1.165, 1.54) is 22.3 Å². The Morgan fingerprint density at radius 2 is 1.56 bits per heavy atom. The summed E-state index contributed by atoms with van der Waals surface area (Å²) in [5.41, 5.74) is 6.64. The molecule has 3 aromatic rings. The van der Waals surface area contributed by atoms with Crippen molar-refractivity contribution in [2.75, 3.05) is 20.1 Å². The van der Waals surface area contributed by atoms with Gasteiger partial charge in [-0.25, -0.2) is 0 Å². The molecule has 27 heavy (non-hydrogen) atoms. The molecule has 0 saturated carbocycles. The fourth-order valence-corrected chi connectivity index (χ4v) is 4.24. The van der Waals surface area contributed by atoms with Gasteiger partial charge in [0.15, 0.2) is 11.6 Å². The number of fused-ring (bicyclic) bond motifs is 2. The van der Waals surface area contributed by atoms with Crippen molar-refractivity contribution in [3.63, 3.8) is 0 Å². The molecule has 0 radical (unpaired) electrons. The molecule has 0 N–H and O–H groups in total. The third kappa shape index (κ3) is 2.88. The van der Waals surface area contributed by atoms with Crippen LogP contribution in [0.25, 0.3) is 17.0 Å². The lowest BCUT2D eigenvalue weighted by Crippen LogP contribution is -2.27. The lowest BCUT2D eigenvalue weighted by molar-refractivity contribution is 0.313. The molecule has 1 saturated heterocycles. The molecule has 1 fully saturated rings. The molecule has 1 aromatic carbocycles. The third-order valence-corrected chi connectivity index (χ3v) is 5.75. The van der Waals surface area contributed by atoms with Gasteiger partial charge in [0.25, 0.3) is 0 Å². The van der Waals surface area contributed by atoms with Gasteiger partial charge in [0.1, 0.15) is 0 Å². The number of nitrogens with zero attached hydrogens (tertiary/aromatic N) is 5. The van der Waals surface area contributed by atoms with Crippen LogP contribution >= 0.6 is 0 Å². The maximum Gasteiger partial charge on any atom is 0.164 e. The normalized spacial score (nSPS) is 17.4. The Balaban J connectivity index is 1.71. The topological polar surface area (TPSA) is 46.8 Å². The van der Waals surface area contributed by atoms with Gasteiger partial charge in [-0.2, -0.15) is 0 Å². The van der Waals surface area contributed by atoms with Crippen molar-refractivity contribution >= 4 is 5.57 Å². The van der Waals surface area contributed by atoms with Crippen LogP contribution in [0.5, 0.6) is 0 Å². The molecule has 5 rings (SSSR count). The van der Waals surface area contributed by atoms with E-state index in [-0.39, 0.29) is 0 Å². The van der Waals surface area contributed by atoms with Crippen molar-refractivity contribution in [3.05, 3.63) is 71.3 Å². The Kier molecular flexibility index (Phi) is 4.09. The summed E-state index contributed by atoms with van der Waals surface area (Å²) < 4.78 is 2.30. The fraction of sp³-hybridized carbons (Fsp3) is 0.318. The highest BCUT2D eigenvalue weighted by molar-refractivity contribution is 5.82. The van der Waals surface area contributed by atoms with Crippen LogP contribution in [0.3, 0.4) is 0 Å². The molecule has 5 heteroatoms. The van der Waals surface area contributed by atoms with Gasteiger partial charge in [-0.15, -0.1) is 10.2 Å². The first-order valence-electron chi connectivity index (χ1n) is 9.64. The molecule has 136 valence electrons. The van der Waals surface area contributed by atoms with E-state index in [0.717, 1.165) is 56.1 Å². The highest BCUT2D eigenvalue weighted by Crippen LogP contribution is 2.36. The van der Waals surface area contributed by atoms with Crippen LogP contribution in [0.15, 0.2) is 54.4 Å². The number of hydrogen-bond acceptors (Lipinski definition) is 4. The second-order valence-corrected chi connectivity index (χ2v) is 7.42. The zero-order chi connectivity index (χ0) is 18.2. The predicted molar refractivity (Wildman–Crippen MR) is 106 cm³/mol. The minimum atomic E-state index is 0.897. The second-order valence-electron chi connectivity index (χ2n) is 7.42. The average molecular weight is 357 g/mol. The zero-order valence-electron chi connectivity index (χ0n) is 15.6. The van der Waals surface area contributed by atoms with E-state index in [2.05, 4.69) is 56.0 Å². The quantitative estimate of drug-likeness (QED) is 0.669. The van der Waals surface area contributed by atoms with E-state index in [9.17, 15) is 0 Å². The Morgan fingerprint density at radius 1 is 0.815 bits per heavy atom. The van der Waals surface area contributed by atoms with Crippen molar-refractivity contribution in [1.82, 2.24) is 24.6 Å². The van der Waals surface area contributed by atoms with Gasteiger partial charge in [0, 0.05) is 43.2 Å². The number of pyridine rings is 1. The maximum atomic E-state index is 4.69. The average Bonchev–Trinajstić information content (AvgIpc) is 3.06. The van der Waals surface area contributed by atoms with E-state index in [1.54, 1.807) is 0 Å². The first-order valence-corrected chi connectivity index (χ1v) is 9.64. The standard InChI is InChI=1S/C22H23N5/c1-26-13-8-17(9-14-26)20-19-5-3-2-4-16(19)10-15-27-21(24-25-22(20)27)18-6-11-23-12-7-18/h2-7,11-12H,8-10,13-15H2,1H3. The van der Waals surface area contributed by atoms with Crippen LogP contribution in [0.2, 0.25) is 0 Å². The molecule has 5 nitrogen and oxygen atoms in total. The highest BCUT2D eigenvalue weighted by Gasteiger charge is 2.27. The molecule has 0 unspecified atom stereocenters. The van der Waals surface area contributed by atoms with Gasteiger partial charge in [-0.1, -0.05) is 29.8 Å². The lowest BCUT2D eigenvalue weighted by Gasteiger charge is -2.26. The number of benzene rings is 1. The van der Waals surface area contributed by atoms with Crippen molar-refractivity contribution in [1.29, 1.82) is 0 Å². The molecule has 0 atom stereocenters. The van der Waals surface area contributed by atoms with Crippen molar-refractivity contribution < 1.29 is 0 Å². The summed E-state index contributed by atoms with van der Waals surface area (Å²) in [4.78, 5) is 6.54. The Labute approximate surface area is 159 Å². The fourth-order valence-electron chi connectivity index (χ4n) is 4.24. The monoisotopic (exact) mass is 357 g/mol. The van der Waals surface area contributed by atoms with Crippen molar-refractivity contribution in [2.45, 2.75) is 25.8 Å². The number of rotatable bonds is 1. The number of aryl methyl sites for hydroxylation is 1. The number of likely N-dealkylation sites (tertiary alicyclic amines) is 1. The van der Waals surface area contributed by atoms with Crippen molar-refractivity contribution in [2.24, 2.45) is 0 Å². The summed E-state index contributed by atoms with van der Waals surface area (Å²) in [5, 5.41) is 9.27. The molecule has 0 amide bonds. The molecule has 0 bridgehead atoms. The summed E-state index contributed by atoms with van der Waals surface area (Å²) in [7, 11) is 2.20. The zero-order valence-corrected chi connectivity index (χ0v) is 15.6. The Hall–Kier alpha value is -2.79. The number of hydrogen-bond donors (Lipinski definition) is 0. The van der Waals surface area contributed by atoms with Gasteiger partial charge >= 0.3 is 0 Å². The largest absolute Gasteiger partial charge is 0.307 e. The highest BCUT2D eigenvalue weighted by atomic mass is 15.3. The van der Waals surface area contributed by atoms with Crippen LogP contribution in [0, 0.1) is 0 Å². The molecule has 2 aromatic heterocycles. The molecule has 2 aliphatic rings. The molecular formula is C22H23N5.